The molecule has 0 saturated heterocycles. The first kappa shape index (κ1) is 23.2. The summed E-state index contributed by atoms with van der Waals surface area (Å²) in [4.78, 5) is 0. The lowest BCUT2D eigenvalue weighted by molar-refractivity contribution is 0.0592. The zero-order valence-corrected chi connectivity index (χ0v) is 19.9. The van der Waals surface area contributed by atoms with Crippen LogP contribution in [-0.4, -0.2) is 5.54 Å². The van der Waals surface area contributed by atoms with Gasteiger partial charge in [-0.3, -0.25) is 0 Å². The second-order valence-electron chi connectivity index (χ2n) is 11.4. The van der Waals surface area contributed by atoms with Gasteiger partial charge >= 0.3 is 0 Å². The summed E-state index contributed by atoms with van der Waals surface area (Å²) in [7, 11) is 0. The Balaban J connectivity index is 2.06. The molecule has 1 heteroatoms. The van der Waals surface area contributed by atoms with E-state index in [1.165, 1.54) is 51.4 Å². The fourth-order valence-electron chi connectivity index (χ4n) is 7.26. The molecule has 2 fully saturated rings. The zero-order valence-electron chi connectivity index (χ0n) is 19.9. The third-order valence-electron chi connectivity index (χ3n) is 9.30. The predicted molar refractivity (Wildman–Crippen MR) is 121 cm³/mol. The molecule has 0 aromatic carbocycles. The Morgan fingerprint density at radius 3 is 2.26 bits per heavy atom. The maximum Gasteiger partial charge on any atom is 0.0185 e. The lowest BCUT2D eigenvalue weighted by atomic mass is 9.61. The highest BCUT2D eigenvalue weighted by Crippen LogP contribution is 2.54. The molecular formula is C26H51N. The van der Waals surface area contributed by atoms with Crippen LogP contribution in [0.5, 0.6) is 0 Å². The molecule has 0 aromatic heterocycles. The van der Waals surface area contributed by atoms with Crippen molar-refractivity contribution in [3.63, 3.8) is 0 Å². The lowest BCUT2D eigenvalue weighted by Gasteiger charge is -2.48. The molecule has 0 aliphatic heterocycles. The summed E-state index contributed by atoms with van der Waals surface area (Å²) >= 11 is 0. The van der Waals surface area contributed by atoms with Crippen LogP contribution in [0.15, 0.2) is 0 Å². The molecule has 0 bridgehead atoms. The lowest BCUT2D eigenvalue weighted by Crippen LogP contribution is -2.54. The van der Waals surface area contributed by atoms with E-state index >= 15 is 0 Å². The van der Waals surface area contributed by atoms with Crippen molar-refractivity contribution in [3.05, 3.63) is 0 Å². The third kappa shape index (κ3) is 5.12. The van der Waals surface area contributed by atoms with E-state index < -0.39 is 0 Å². The van der Waals surface area contributed by atoms with E-state index in [-0.39, 0.29) is 5.54 Å². The van der Waals surface area contributed by atoms with Crippen LogP contribution < -0.4 is 5.73 Å². The van der Waals surface area contributed by atoms with Gasteiger partial charge < -0.3 is 5.73 Å². The zero-order chi connectivity index (χ0) is 20.4. The monoisotopic (exact) mass is 377 g/mol. The first-order valence-corrected chi connectivity index (χ1v) is 12.4. The Morgan fingerprint density at radius 1 is 1.04 bits per heavy atom. The molecule has 0 aromatic rings. The smallest absolute Gasteiger partial charge is 0.0185 e. The van der Waals surface area contributed by atoms with Crippen molar-refractivity contribution < 1.29 is 0 Å². The molecule has 0 radical (unpaired) electrons. The van der Waals surface area contributed by atoms with Gasteiger partial charge in [0.25, 0.3) is 0 Å². The van der Waals surface area contributed by atoms with Gasteiger partial charge in [-0.15, -0.1) is 0 Å². The second kappa shape index (κ2) is 9.64. The Morgan fingerprint density at radius 2 is 1.70 bits per heavy atom. The van der Waals surface area contributed by atoms with Crippen LogP contribution in [0.25, 0.3) is 0 Å². The van der Waals surface area contributed by atoms with Crippen LogP contribution in [0.1, 0.15) is 107 Å². The van der Waals surface area contributed by atoms with Crippen molar-refractivity contribution in [2.75, 3.05) is 0 Å². The highest BCUT2D eigenvalue weighted by atomic mass is 14.8. The largest absolute Gasteiger partial charge is 0.325 e. The standard InChI is InChI=1S/C26H51N/c1-9-11-25(18(5)10-2)26(8,27)20(7)21-12-13-24-19(6)22(14-17(3)4)16-23(24)15-21/h17-25H,9-16,27H2,1-8H3. The average Bonchev–Trinajstić information content (AvgIpc) is 2.92. The molecule has 2 saturated carbocycles. The van der Waals surface area contributed by atoms with Crippen LogP contribution in [0.3, 0.4) is 0 Å². The van der Waals surface area contributed by atoms with Gasteiger partial charge in [-0.2, -0.15) is 0 Å². The van der Waals surface area contributed by atoms with Gasteiger partial charge in [0.05, 0.1) is 0 Å². The minimum Gasteiger partial charge on any atom is -0.325 e. The summed E-state index contributed by atoms with van der Waals surface area (Å²) < 4.78 is 0. The van der Waals surface area contributed by atoms with Crippen LogP contribution in [0.2, 0.25) is 0 Å². The summed E-state index contributed by atoms with van der Waals surface area (Å²) in [6, 6.07) is 0. The van der Waals surface area contributed by atoms with Crippen LogP contribution in [-0.2, 0) is 0 Å². The van der Waals surface area contributed by atoms with E-state index in [2.05, 4.69) is 55.4 Å². The van der Waals surface area contributed by atoms with Gasteiger partial charge in [0, 0.05) is 5.54 Å². The highest BCUT2D eigenvalue weighted by molar-refractivity contribution is 5.00. The molecule has 1 nitrogen and oxygen atoms in total. The van der Waals surface area contributed by atoms with Gasteiger partial charge in [-0.1, -0.05) is 61.3 Å². The van der Waals surface area contributed by atoms with Crippen molar-refractivity contribution >= 4 is 0 Å². The summed E-state index contributed by atoms with van der Waals surface area (Å²) in [6.07, 6.45) is 11.1. The minimum atomic E-state index is -0.0233. The van der Waals surface area contributed by atoms with Crippen molar-refractivity contribution in [3.8, 4) is 0 Å². The molecule has 9 unspecified atom stereocenters. The Labute approximate surface area is 171 Å². The summed E-state index contributed by atoms with van der Waals surface area (Å²) in [5.74, 6) is 7.65. The summed E-state index contributed by atoms with van der Waals surface area (Å²) in [5.41, 5.74) is 7.13. The Hall–Kier alpha value is -0.0400. The fraction of sp³-hybridized carbons (Fsp3) is 1.00. The summed E-state index contributed by atoms with van der Waals surface area (Å²) in [6.45, 7) is 19.4. The van der Waals surface area contributed by atoms with Gasteiger partial charge in [0.2, 0.25) is 0 Å². The van der Waals surface area contributed by atoms with Crippen molar-refractivity contribution in [1.29, 1.82) is 0 Å². The molecule has 2 rings (SSSR count). The van der Waals surface area contributed by atoms with Gasteiger partial charge in [-0.25, -0.2) is 0 Å². The molecule has 0 heterocycles. The van der Waals surface area contributed by atoms with Crippen molar-refractivity contribution in [1.82, 2.24) is 0 Å². The summed E-state index contributed by atoms with van der Waals surface area (Å²) in [5, 5.41) is 0. The SMILES string of the molecule is CCCC(C(C)CC)C(C)(N)C(C)C1CCC2C(CC(CC(C)C)C2C)C1. The topological polar surface area (TPSA) is 26.0 Å². The first-order valence-electron chi connectivity index (χ1n) is 12.4. The Bertz CT molecular complexity index is 439. The van der Waals surface area contributed by atoms with E-state index in [4.69, 9.17) is 5.73 Å². The molecule has 9 atom stereocenters. The van der Waals surface area contributed by atoms with E-state index in [1.807, 2.05) is 0 Å². The average molecular weight is 378 g/mol. The molecule has 2 aliphatic rings. The fourth-order valence-corrected chi connectivity index (χ4v) is 7.26. The first-order chi connectivity index (χ1) is 12.6. The molecule has 2 aliphatic carbocycles. The number of hydrogen-bond donors (Lipinski definition) is 1. The number of rotatable bonds is 9. The molecule has 2 N–H and O–H groups in total. The minimum absolute atomic E-state index is 0.0233. The van der Waals surface area contributed by atoms with E-state index in [0.717, 1.165) is 41.4 Å². The van der Waals surface area contributed by atoms with Crippen LogP contribution in [0, 0.1) is 53.3 Å². The van der Waals surface area contributed by atoms with Gasteiger partial charge in [0.1, 0.15) is 0 Å². The Kier molecular flexibility index (Phi) is 8.30. The molecule has 160 valence electrons. The molecule has 0 spiro atoms. The van der Waals surface area contributed by atoms with E-state index in [1.54, 1.807) is 0 Å². The van der Waals surface area contributed by atoms with Gasteiger partial charge in [0.15, 0.2) is 0 Å². The van der Waals surface area contributed by atoms with E-state index in [0.29, 0.717) is 11.8 Å². The van der Waals surface area contributed by atoms with Gasteiger partial charge in [-0.05, 0) is 98.7 Å². The predicted octanol–water partition coefficient (Wildman–Crippen LogP) is 7.54. The highest BCUT2D eigenvalue weighted by Gasteiger charge is 2.47. The molecule has 27 heavy (non-hydrogen) atoms. The number of fused-ring (bicyclic) bond motifs is 1. The number of hydrogen-bond acceptors (Lipinski definition) is 1. The normalized spacial score (nSPS) is 36.9. The number of nitrogens with two attached hydrogens (primary N) is 1. The van der Waals surface area contributed by atoms with Crippen molar-refractivity contribution in [2.24, 2.45) is 59.0 Å². The maximum absolute atomic E-state index is 7.16. The van der Waals surface area contributed by atoms with E-state index in [9.17, 15) is 0 Å². The van der Waals surface area contributed by atoms with Crippen LogP contribution in [0.4, 0.5) is 0 Å². The second-order valence-corrected chi connectivity index (χ2v) is 11.4. The molecule has 0 amide bonds. The van der Waals surface area contributed by atoms with Crippen LogP contribution >= 0.6 is 0 Å². The molecular weight excluding hydrogens is 326 g/mol. The maximum atomic E-state index is 7.16. The van der Waals surface area contributed by atoms with Crippen molar-refractivity contribution in [2.45, 2.75) is 112 Å². The third-order valence-corrected chi connectivity index (χ3v) is 9.30. The quantitative estimate of drug-likeness (QED) is 0.441.